The van der Waals surface area contributed by atoms with Crippen LogP contribution in [0.15, 0.2) is 85.1 Å². The smallest absolute Gasteiger partial charge is 0.308 e. The average molecular weight is 580 g/mol. The number of amides is 1. The molecule has 0 aliphatic rings. The van der Waals surface area contributed by atoms with Gasteiger partial charge in [-0.2, -0.15) is 5.10 Å². The van der Waals surface area contributed by atoms with Gasteiger partial charge in [0.25, 0.3) is 5.91 Å². The second-order valence-electron chi connectivity index (χ2n) is 9.45. The molecule has 4 rings (SSSR count). The van der Waals surface area contributed by atoms with Crippen LogP contribution in [0.4, 0.5) is 5.82 Å². The zero-order valence-corrected chi connectivity index (χ0v) is 24.5. The topological polar surface area (TPSA) is 82.5 Å². The van der Waals surface area contributed by atoms with Gasteiger partial charge in [-0.1, -0.05) is 80.8 Å². The Morgan fingerprint density at radius 1 is 0.900 bits per heavy atom. The molecule has 1 aromatic heterocycles. The molecule has 3 aromatic carbocycles. The van der Waals surface area contributed by atoms with E-state index in [1.165, 1.54) is 0 Å². The fraction of sp³-hybridized carbons (Fsp3) is 0.290. The molecule has 7 nitrogen and oxygen atoms in total. The number of nitrogens with one attached hydrogen (secondary N) is 1. The van der Waals surface area contributed by atoms with Crippen molar-refractivity contribution in [3.8, 4) is 16.8 Å². The first-order valence-electron chi connectivity index (χ1n) is 13.6. The van der Waals surface area contributed by atoms with Crippen LogP contribution in [0.25, 0.3) is 16.8 Å². The van der Waals surface area contributed by atoms with Crippen molar-refractivity contribution in [3.63, 3.8) is 0 Å². The van der Waals surface area contributed by atoms with Crippen molar-refractivity contribution >= 4 is 30.9 Å². The fourth-order valence-electron chi connectivity index (χ4n) is 4.07. The minimum absolute atomic E-state index is 0.157. The third-order valence-corrected chi connectivity index (χ3v) is 8.48. The molecule has 0 aliphatic heterocycles. The summed E-state index contributed by atoms with van der Waals surface area (Å²) in [5.41, 5.74) is 3.72. The van der Waals surface area contributed by atoms with Crippen molar-refractivity contribution < 1.29 is 18.4 Å². The lowest BCUT2D eigenvalue weighted by atomic mass is 10.1. The SMILES string of the molecule is CCCCOP(=O)(Cc1ccc(C(=O)Nc2c(-c3ccccc3)cnn2-c2ccc(Cl)cc2)cc1)OCCCC. The monoisotopic (exact) mass is 579 g/mol. The summed E-state index contributed by atoms with van der Waals surface area (Å²) in [6.45, 7) is 4.90. The number of hydrogen-bond donors (Lipinski definition) is 1. The molecule has 9 heteroatoms. The van der Waals surface area contributed by atoms with E-state index in [0.717, 1.165) is 48.1 Å². The van der Waals surface area contributed by atoms with Crippen LogP contribution in [0.2, 0.25) is 5.02 Å². The van der Waals surface area contributed by atoms with Crippen LogP contribution in [-0.2, 0) is 19.8 Å². The average Bonchev–Trinajstić information content (AvgIpc) is 3.38. The van der Waals surface area contributed by atoms with E-state index in [0.29, 0.717) is 29.6 Å². The molecule has 0 aliphatic carbocycles. The lowest BCUT2D eigenvalue weighted by Gasteiger charge is -2.19. The molecule has 0 atom stereocenters. The Morgan fingerprint density at radius 2 is 1.52 bits per heavy atom. The summed E-state index contributed by atoms with van der Waals surface area (Å²) in [4.78, 5) is 13.4. The first kappa shape index (κ1) is 29.8. The Balaban J connectivity index is 1.55. The molecule has 1 N–H and O–H groups in total. The van der Waals surface area contributed by atoms with E-state index in [9.17, 15) is 9.36 Å². The number of anilines is 1. The van der Waals surface area contributed by atoms with Gasteiger partial charge in [-0.05, 0) is 60.4 Å². The van der Waals surface area contributed by atoms with Crippen LogP contribution in [0.5, 0.6) is 0 Å². The van der Waals surface area contributed by atoms with Crippen LogP contribution >= 0.6 is 19.2 Å². The van der Waals surface area contributed by atoms with Crippen molar-refractivity contribution in [1.29, 1.82) is 0 Å². The number of hydrogen-bond acceptors (Lipinski definition) is 5. The van der Waals surface area contributed by atoms with Gasteiger partial charge in [-0.25, -0.2) is 4.68 Å². The zero-order valence-electron chi connectivity index (χ0n) is 22.9. The van der Waals surface area contributed by atoms with E-state index in [1.54, 1.807) is 47.3 Å². The summed E-state index contributed by atoms with van der Waals surface area (Å²) in [5, 5.41) is 8.21. The predicted molar refractivity (Wildman–Crippen MR) is 161 cm³/mol. The molecule has 0 saturated carbocycles. The molecule has 1 heterocycles. The highest BCUT2D eigenvalue weighted by atomic mass is 35.5. The maximum atomic E-state index is 13.4. The Labute approximate surface area is 241 Å². The van der Waals surface area contributed by atoms with Crippen molar-refractivity contribution in [2.75, 3.05) is 18.5 Å². The van der Waals surface area contributed by atoms with Gasteiger partial charge >= 0.3 is 7.60 Å². The lowest BCUT2D eigenvalue weighted by Crippen LogP contribution is -2.16. The molecular weight excluding hydrogens is 545 g/mol. The van der Waals surface area contributed by atoms with Crippen LogP contribution in [0.3, 0.4) is 0 Å². The standard InChI is InChI=1S/C31H35ClN3O4P/c1-3-5-20-38-40(37,39-21-6-4-2)23-24-12-14-26(15-13-24)31(36)34-30-29(25-10-8-7-9-11-25)22-33-35(30)28-18-16-27(32)17-19-28/h7-19,22H,3-6,20-21,23H2,1-2H3,(H,34,36). The normalized spacial score (nSPS) is 11.5. The van der Waals surface area contributed by atoms with E-state index in [1.807, 2.05) is 42.5 Å². The minimum Gasteiger partial charge on any atom is -0.308 e. The van der Waals surface area contributed by atoms with E-state index in [-0.39, 0.29) is 12.1 Å². The minimum atomic E-state index is -3.29. The molecule has 40 heavy (non-hydrogen) atoms. The van der Waals surface area contributed by atoms with Gasteiger partial charge in [0.2, 0.25) is 0 Å². The molecule has 4 aromatic rings. The number of halogens is 1. The highest BCUT2D eigenvalue weighted by Crippen LogP contribution is 2.51. The number of aromatic nitrogens is 2. The van der Waals surface area contributed by atoms with Gasteiger partial charge in [-0.3, -0.25) is 9.36 Å². The second-order valence-corrected chi connectivity index (χ2v) is 11.9. The van der Waals surface area contributed by atoms with E-state index in [4.69, 9.17) is 20.6 Å². The summed E-state index contributed by atoms with van der Waals surface area (Å²) < 4.78 is 26.5. The number of rotatable bonds is 14. The molecule has 210 valence electrons. The molecule has 0 bridgehead atoms. The number of nitrogens with zero attached hydrogens (tertiary/aromatic N) is 2. The maximum absolute atomic E-state index is 13.4. The Morgan fingerprint density at radius 3 is 2.12 bits per heavy atom. The molecule has 0 fully saturated rings. The van der Waals surface area contributed by atoms with Gasteiger partial charge < -0.3 is 14.4 Å². The largest absolute Gasteiger partial charge is 0.335 e. The Kier molecular flexibility index (Phi) is 10.7. The molecule has 1 amide bonds. The molecule has 0 unspecified atom stereocenters. The number of unbranched alkanes of at least 4 members (excludes halogenated alkanes) is 2. The number of benzene rings is 3. The van der Waals surface area contributed by atoms with Crippen LogP contribution in [0, 0.1) is 0 Å². The van der Waals surface area contributed by atoms with Crippen molar-refractivity contribution in [2.24, 2.45) is 0 Å². The van der Waals surface area contributed by atoms with Crippen LogP contribution in [-0.4, -0.2) is 28.9 Å². The lowest BCUT2D eigenvalue weighted by molar-refractivity contribution is 0.102. The van der Waals surface area contributed by atoms with Crippen molar-refractivity contribution in [2.45, 2.75) is 45.7 Å². The van der Waals surface area contributed by atoms with Gasteiger partial charge in [0.1, 0.15) is 5.82 Å². The fourth-order valence-corrected chi connectivity index (χ4v) is 5.92. The van der Waals surface area contributed by atoms with Crippen LogP contribution in [0.1, 0.15) is 55.5 Å². The van der Waals surface area contributed by atoms with E-state index < -0.39 is 7.60 Å². The van der Waals surface area contributed by atoms with Crippen molar-refractivity contribution in [1.82, 2.24) is 9.78 Å². The molecule has 0 saturated heterocycles. The first-order valence-corrected chi connectivity index (χ1v) is 15.7. The second kappa shape index (κ2) is 14.4. The number of carbonyl (C=O) groups is 1. The summed E-state index contributed by atoms with van der Waals surface area (Å²) in [7, 11) is -3.29. The van der Waals surface area contributed by atoms with E-state index >= 15 is 0 Å². The third kappa shape index (κ3) is 7.92. The highest BCUT2D eigenvalue weighted by molar-refractivity contribution is 7.53. The zero-order chi connectivity index (χ0) is 28.4. The van der Waals surface area contributed by atoms with Gasteiger partial charge in [-0.15, -0.1) is 0 Å². The first-order chi connectivity index (χ1) is 19.4. The molecular formula is C31H35ClN3O4P. The molecule has 0 spiro atoms. The Hall–Kier alpha value is -3.22. The predicted octanol–water partition coefficient (Wildman–Crippen LogP) is 8.77. The number of carbonyl (C=O) groups excluding carboxylic acids is 1. The summed E-state index contributed by atoms with van der Waals surface area (Å²) in [6, 6.07) is 24.0. The maximum Gasteiger partial charge on any atom is 0.335 e. The van der Waals surface area contributed by atoms with Gasteiger partial charge in [0.15, 0.2) is 0 Å². The quantitative estimate of drug-likeness (QED) is 0.119. The van der Waals surface area contributed by atoms with E-state index in [2.05, 4.69) is 24.3 Å². The summed E-state index contributed by atoms with van der Waals surface area (Å²) in [6.07, 6.45) is 5.42. The van der Waals surface area contributed by atoms with Gasteiger partial charge in [0, 0.05) is 16.1 Å². The highest BCUT2D eigenvalue weighted by Gasteiger charge is 2.25. The summed E-state index contributed by atoms with van der Waals surface area (Å²) in [5.74, 6) is 0.252. The molecule has 0 radical (unpaired) electrons. The van der Waals surface area contributed by atoms with Crippen LogP contribution < -0.4 is 5.32 Å². The third-order valence-electron chi connectivity index (χ3n) is 6.32. The Bertz CT molecular complexity index is 1410. The summed E-state index contributed by atoms with van der Waals surface area (Å²) >= 11 is 6.09. The van der Waals surface area contributed by atoms with Gasteiger partial charge in [0.05, 0.1) is 31.3 Å². The van der Waals surface area contributed by atoms with Crippen molar-refractivity contribution in [3.05, 3.63) is 101 Å².